The maximum Gasteiger partial charge on any atom is 0.328 e. The van der Waals surface area contributed by atoms with Crippen molar-refractivity contribution < 1.29 is 19.2 Å². The molecule has 248 valence electrons. The molecule has 2 aromatic heterocycles. The normalized spacial score (nSPS) is 20.5. The molecule has 13 nitrogen and oxygen atoms in total. The van der Waals surface area contributed by atoms with Gasteiger partial charge in [-0.15, -0.1) is 10.2 Å². The van der Waals surface area contributed by atoms with Gasteiger partial charge in [0.2, 0.25) is 11.8 Å². The van der Waals surface area contributed by atoms with E-state index >= 15 is 0 Å². The van der Waals surface area contributed by atoms with Crippen molar-refractivity contribution in [2.75, 3.05) is 62.2 Å². The fraction of sp³-hybridized carbons (Fsp3) is 0.529. The number of rotatable bonds is 7. The van der Waals surface area contributed by atoms with E-state index < -0.39 is 0 Å². The van der Waals surface area contributed by atoms with Crippen LogP contribution in [0.5, 0.6) is 0 Å². The molecule has 5 amide bonds. The van der Waals surface area contributed by atoms with Gasteiger partial charge in [0.15, 0.2) is 11.5 Å². The maximum atomic E-state index is 13.3. The van der Waals surface area contributed by atoms with E-state index in [1.165, 1.54) is 6.42 Å². The number of piperazine rings is 1. The van der Waals surface area contributed by atoms with Crippen LogP contribution in [0.15, 0.2) is 42.6 Å². The topological polar surface area (TPSA) is 136 Å². The van der Waals surface area contributed by atoms with Crippen molar-refractivity contribution in [3.8, 4) is 0 Å². The van der Waals surface area contributed by atoms with Crippen molar-refractivity contribution in [3.05, 3.63) is 48.3 Å². The minimum absolute atomic E-state index is 0.151. The smallest absolute Gasteiger partial charge is 0.328 e. The first-order valence-electron chi connectivity index (χ1n) is 17.0. The average molecular weight is 642 g/mol. The lowest BCUT2D eigenvalue weighted by atomic mass is 9.95. The van der Waals surface area contributed by atoms with E-state index in [-0.39, 0.29) is 42.3 Å². The van der Waals surface area contributed by atoms with Crippen molar-refractivity contribution in [1.82, 2.24) is 35.2 Å². The Morgan fingerprint density at radius 2 is 1.64 bits per heavy atom. The first-order valence-corrected chi connectivity index (χ1v) is 17.0. The standard InChI is InChI=1S/C34H43N9O4/c44-31-14-18-43(34(47)36-31)29-8-4-7-28-26(29)13-17-42(28)25-11-15-41(16-12-25)32(45)23-39-19-21-40(22-20-39)30-10-9-27(37-38-30)33(46)35-24-5-2-1-3-6-24/h4,7-10,13,17,24-25H,1-3,5-6,11-12,14-16,18-23H2,(H,35,46)(H,36,44,47). The third kappa shape index (κ3) is 6.80. The summed E-state index contributed by atoms with van der Waals surface area (Å²) in [6.07, 6.45) is 9.71. The number of carbonyl (C=O) groups is 4. The van der Waals surface area contributed by atoms with Gasteiger partial charge in [0.1, 0.15) is 0 Å². The number of aromatic nitrogens is 3. The molecule has 2 N–H and O–H groups in total. The zero-order valence-corrected chi connectivity index (χ0v) is 26.8. The summed E-state index contributed by atoms with van der Waals surface area (Å²) in [4.78, 5) is 58.0. The Morgan fingerprint density at radius 1 is 0.851 bits per heavy atom. The predicted molar refractivity (Wildman–Crippen MR) is 177 cm³/mol. The number of benzene rings is 1. The summed E-state index contributed by atoms with van der Waals surface area (Å²) in [5, 5.41) is 15.0. The fourth-order valence-electron chi connectivity index (χ4n) is 7.46. The Balaban J connectivity index is 0.878. The molecule has 5 heterocycles. The minimum Gasteiger partial charge on any atom is -0.353 e. The van der Waals surface area contributed by atoms with E-state index in [4.69, 9.17) is 0 Å². The van der Waals surface area contributed by atoms with Crippen LogP contribution in [-0.2, 0) is 9.59 Å². The number of hydrogen-bond acceptors (Lipinski definition) is 8. The number of carbonyl (C=O) groups excluding carboxylic acids is 4. The highest BCUT2D eigenvalue weighted by molar-refractivity contribution is 6.09. The van der Waals surface area contributed by atoms with Gasteiger partial charge < -0.3 is 19.7 Å². The number of piperidine rings is 1. The van der Waals surface area contributed by atoms with Gasteiger partial charge in [0, 0.05) is 75.9 Å². The number of amides is 5. The zero-order valence-electron chi connectivity index (χ0n) is 26.8. The lowest BCUT2D eigenvalue weighted by molar-refractivity contribution is -0.133. The Labute approximate surface area is 274 Å². The zero-order chi connectivity index (χ0) is 32.3. The molecule has 3 aromatic rings. The molecule has 0 unspecified atom stereocenters. The van der Waals surface area contributed by atoms with Gasteiger partial charge in [0.05, 0.1) is 17.7 Å². The maximum absolute atomic E-state index is 13.3. The SMILES string of the molecule is O=C1CCN(c2cccc3c2ccn3C2CCN(C(=O)CN3CCN(c4ccc(C(=O)NC5CCCCC5)nn4)CC3)CC2)C(=O)N1. The van der Waals surface area contributed by atoms with Gasteiger partial charge in [-0.05, 0) is 56.0 Å². The molecular formula is C34H43N9O4. The molecule has 4 aliphatic rings. The molecule has 47 heavy (non-hydrogen) atoms. The number of imide groups is 1. The van der Waals surface area contributed by atoms with Gasteiger partial charge in [-0.1, -0.05) is 25.3 Å². The summed E-state index contributed by atoms with van der Waals surface area (Å²) in [5.41, 5.74) is 2.21. The molecule has 3 aliphatic heterocycles. The summed E-state index contributed by atoms with van der Waals surface area (Å²) < 4.78 is 2.27. The highest BCUT2D eigenvalue weighted by Crippen LogP contribution is 2.33. The highest BCUT2D eigenvalue weighted by atomic mass is 16.2. The van der Waals surface area contributed by atoms with Crippen LogP contribution >= 0.6 is 0 Å². The summed E-state index contributed by atoms with van der Waals surface area (Å²) >= 11 is 0. The Hall–Kier alpha value is -4.52. The van der Waals surface area contributed by atoms with E-state index in [2.05, 4.69) is 47.5 Å². The van der Waals surface area contributed by atoms with Crippen LogP contribution in [0.2, 0.25) is 0 Å². The van der Waals surface area contributed by atoms with Gasteiger partial charge in [0.25, 0.3) is 5.91 Å². The number of nitrogens with one attached hydrogen (secondary N) is 2. The second kappa shape index (κ2) is 13.7. The van der Waals surface area contributed by atoms with E-state index in [1.807, 2.05) is 29.2 Å². The molecular weight excluding hydrogens is 598 g/mol. The van der Waals surface area contributed by atoms with E-state index in [9.17, 15) is 19.2 Å². The molecule has 13 heteroatoms. The summed E-state index contributed by atoms with van der Waals surface area (Å²) in [6.45, 7) is 5.19. The molecule has 1 saturated carbocycles. The van der Waals surface area contributed by atoms with Crippen LogP contribution in [0.3, 0.4) is 0 Å². The van der Waals surface area contributed by atoms with E-state index in [0.717, 1.165) is 87.1 Å². The first kappa shape index (κ1) is 31.1. The Kier molecular flexibility index (Phi) is 9.05. The van der Waals surface area contributed by atoms with Crippen molar-refractivity contribution in [3.63, 3.8) is 0 Å². The largest absolute Gasteiger partial charge is 0.353 e. The van der Waals surface area contributed by atoms with Crippen LogP contribution in [-0.4, -0.2) is 107 Å². The fourth-order valence-corrected chi connectivity index (χ4v) is 7.46. The number of likely N-dealkylation sites (tertiary alicyclic amines) is 1. The second-order valence-electron chi connectivity index (χ2n) is 13.1. The molecule has 4 fully saturated rings. The van der Waals surface area contributed by atoms with Crippen molar-refractivity contribution in [1.29, 1.82) is 0 Å². The van der Waals surface area contributed by atoms with Crippen LogP contribution in [0.25, 0.3) is 10.9 Å². The van der Waals surface area contributed by atoms with Crippen LogP contribution < -0.4 is 20.4 Å². The number of fused-ring (bicyclic) bond motifs is 1. The predicted octanol–water partition coefficient (Wildman–Crippen LogP) is 2.93. The lowest BCUT2D eigenvalue weighted by Gasteiger charge is -2.37. The number of hydrogen-bond donors (Lipinski definition) is 2. The van der Waals surface area contributed by atoms with Gasteiger partial charge >= 0.3 is 6.03 Å². The average Bonchev–Trinajstić information content (AvgIpc) is 3.54. The molecule has 0 radical (unpaired) electrons. The van der Waals surface area contributed by atoms with Crippen molar-refractivity contribution in [2.45, 2.75) is 63.5 Å². The second-order valence-corrected chi connectivity index (χ2v) is 13.1. The van der Waals surface area contributed by atoms with Gasteiger partial charge in [-0.25, -0.2) is 4.79 Å². The van der Waals surface area contributed by atoms with Crippen LogP contribution in [0, 0.1) is 0 Å². The lowest BCUT2D eigenvalue weighted by Crippen LogP contribution is -2.51. The molecule has 1 aromatic carbocycles. The Bertz CT molecular complexity index is 1620. The molecule has 0 atom stereocenters. The number of nitrogens with zero attached hydrogens (tertiary/aromatic N) is 7. The quantitative estimate of drug-likeness (QED) is 0.402. The first-order chi connectivity index (χ1) is 22.9. The molecule has 3 saturated heterocycles. The summed E-state index contributed by atoms with van der Waals surface area (Å²) in [6, 6.07) is 11.7. The highest BCUT2D eigenvalue weighted by Gasteiger charge is 2.29. The third-order valence-corrected chi connectivity index (χ3v) is 10.2. The monoisotopic (exact) mass is 641 g/mol. The minimum atomic E-state index is -0.382. The number of urea groups is 1. The number of anilines is 2. The van der Waals surface area contributed by atoms with Crippen LogP contribution in [0.4, 0.5) is 16.3 Å². The Morgan fingerprint density at radius 3 is 2.36 bits per heavy atom. The third-order valence-electron chi connectivity index (χ3n) is 10.2. The van der Waals surface area contributed by atoms with Crippen LogP contribution in [0.1, 0.15) is 67.9 Å². The molecule has 0 bridgehead atoms. The van der Waals surface area contributed by atoms with E-state index in [0.29, 0.717) is 31.9 Å². The molecule has 0 spiro atoms. The van der Waals surface area contributed by atoms with Crippen molar-refractivity contribution in [2.24, 2.45) is 0 Å². The van der Waals surface area contributed by atoms with Gasteiger partial charge in [-0.2, -0.15) is 0 Å². The summed E-state index contributed by atoms with van der Waals surface area (Å²) in [7, 11) is 0. The molecule has 1 aliphatic carbocycles. The molecule has 7 rings (SSSR count). The van der Waals surface area contributed by atoms with Crippen molar-refractivity contribution >= 4 is 46.2 Å². The van der Waals surface area contributed by atoms with E-state index in [1.54, 1.807) is 11.0 Å². The van der Waals surface area contributed by atoms with Gasteiger partial charge in [-0.3, -0.25) is 29.5 Å². The summed E-state index contributed by atoms with van der Waals surface area (Å²) in [5.74, 6) is 0.524.